The molecule has 0 fully saturated rings. The van der Waals surface area contributed by atoms with Crippen LogP contribution in [0.3, 0.4) is 0 Å². The fourth-order valence-corrected chi connectivity index (χ4v) is 4.91. The topological polar surface area (TPSA) is 80.5 Å². The number of anilines is 1. The SMILES string of the molecule is O=[N+]([O-])c1ccc(Cl)c(-c2cscc2N(Cl)S(=O)(=O)c2ccccc2)c1. The maximum Gasteiger partial charge on any atom is 0.278 e. The van der Waals surface area contributed by atoms with Gasteiger partial charge in [0.15, 0.2) is 0 Å². The molecule has 0 N–H and O–H groups in total. The first-order valence-corrected chi connectivity index (χ1v) is 10.2. The standard InChI is InChI=1S/C16H10Cl2N2O4S2/c17-15-7-6-11(20(21)22)8-13(15)14-9-25-10-16(14)19(18)26(23,24)12-4-2-1-3-5-12/h1-10H. The van der Waals surface area contributed by atoms with Crippen LogP contribution in [0, 0.1) is 10.1 Å². The minimum absolute atomic E-state index is 0.0253. The summed E-state index contributed by atoms with van der Waals surface area (Å²) < 4.78 is 26.1. The Morgan fingerprint density at radius 2 is 1.73 bits per heavy atom. The molecule has 0 unspecified atom stereocenters. The van der Waals surface area contributed by atoms with Crippen LogP contribution in [0.1, 0.15) is 0 Å². The summed E-state index contributed by atoms with van der Waals surface area (Å²) in [5, 5.41) is 14.5. The number of nitro benzene ring substituents is 1. The molecule has 0 amide bonds. The molecule has 3 aromatic rings. The van der Waals surface area contributed by atoms with Crippen molar-refractivity contribution in [3.63, 3.8) is 0 Å². The maximum absolute atomic E-state index is 12.7. The minimum atomic E-state index is -4.00. The van der Waals surface area contributed by atoms with Crippen molar-refractivity contribution < 1.29 is 13.3 Å². The zero-order chi connectivity index (χ0) is 18.9. The lowest BCUT2D eigenvalue weighted by Crippen LogP contribution is -2.21. The van der Waals surface area contributed by atoms with E-state index < -0.39 is 14.9 Å². The first-order valence-electron chi connectivity index (χ1n) is 7.09. The second-order valence-corrected chi connectivity index (χ2v) is 8.60. The van der Waals surface area contributed by atoms with Crippen LogP contribution in [-0.4, -0.2) is 13.3 Å². The van der Waals surface area contributed by atoms with Gasteiger partial charge in [-0.1, -0.05) is 29.8 Å². The molecule has 0 aliphatic carbocycles. The summed E-state index contributed by atoms with van der Waals surface area (Å²) >= 11 is 13.5. The van der Waals surface area contributed by atoms with Gasteiger partial charge >= 0.3 is 0 Å². The van der Waals surface area contributed by atoms with Crippen molar-refractivity contribution in [3.05, 3.63) is 74.4 Å². The van der Waals surface area contributed by atoms with Gasteiger partial charge in [-0.15, -0.1) is 11.3 Å². The molecule has 0 spiro atoms. The minimum Gasteiger partial charge on any atom is -0.258 e. The van der Waals surface area contributed by atoms with E-state index in [4.69, 9.17) is 23.4 Å². The zero-order valence-electron chi connectivity index (χ0n) is 12.9. The highest BCUT2D eigenvalue weighted by Crippen LogP contribution is 2.42. The molecule has 0 bridgehead atoms. The van der Waals surface area contributed by atoms with Crippen molar-refractivity contribution in [2.24, 2.45) is 0 Å². The molecule has 0 saturated heterocycles. The first kappa shape index (κ1) is 18.7. The number of sulfonamides is 1. The largest absolute Gasteiger partial charge is 0.278 e. The third-order valence-corrected chi connectivity index (χ3v) is 6.81. The van der Waals surface area contributed by atoms with Gasteiger partial charge in [-0.05, 0) is 18.2 Å². The van der Waals surface area contributed by atoms with Gasteiger partial charge in [0.25, 0.3) is 15.7 Å². The van der Waals surface area contributed by atoms with Gasteiger partial charge in [0.05, 0.1) is 15.5 Å². The second kappa shape index (κ2) is 7.24. The van der Waals surface area contributed by atoms with E-state index in [1.165, 1.54) is 47.0 Å². The second-order valence-electron chi connectivity index (χ2n) is 5.12. The maximum atomic E-state index is 12.7. The smallest absolute Gasteiger partial charge is 0.258 e. The number of nitrogens with zero attached hydrogens (tertiary/aromatic N) is 2. The Labute approximate surface area is 163 Å². The van der Waals surface area contributed by atoms with E-state index in [0.717, 1.165) is 0 Å². The van der Waals surface area contributed by atoms with E-state index >= 15 is 0 Å². The number of thiophene rings is 1. The summed E-state index contributed by atoms with van der Waals surface area (Å²) in [6.07, 6.45) is 0. The molecule has 0 radical (unpaired) electrons. The Balaban J connectivity index is 2.10. The highest BCUT2D eigenvalue weighted by Gasteiger charge is 2.27. The number of rotatable bonds is 5. The predicted octanol–water partition coefficient (Wildman–Crippen LogP) is 5.33. The van der Waals surface area contributed by atoms with Crippen LogP contribution >= 0.6 is 34.7 Å². The molecule has 0 saturated carbocycles. The zero-order valence-corrected chi connectivity index (χ0v) is 16.0. The average molecular weight is 429 g/mol. The van der Waals surface area contributed by atoms with Gasteiger partial charge in [0.2, 0.25) is 0 Å². The summed E-state index contributed by atoms with van der Waals surface area (Å²) in [4.78, 5) is 10.5. The molecule has 10 heteroatoms. The van der Waals surface area contributed by atoms with E-state index in [-0.39, 0.29) is 21.3 Å². The number of nitro groups is 1. The van der Waals surface area contributed by atoms with Crippen molar-refractivity contribution in [1.82, 2.24) is 0 Å². The monoisotopic (exact) mass is 428 g/mol. The van der Waals surface area contributed by atoms with Crippen molar-refractivity contribution >= 4 is 56.1 Å². The molecule has 134 valence electrons. The predicted molar refractivity (Wildman–Crippen MR) is 103 cm³/mol. The third kappa shape index (κ3) is 3.41. The van der Waals surface area contributed by atoms with Crippen molar-refractivity contribution in [2.45, 2.75) is 4.90 Å². The van der Waals surface area contributed by atoms with Crippen LogP contribution in [0.5, 0.6) is 0 Å². The molecular formula is C16H10Cl2N2O4S2. The Hall–Kier alpha value is -2.13. The molecule has 6 nitrogen and oxygen atoms in total. The molecule has 26 heavy (non-hydrogen) atoms. The van der Waals surface area contributed by atoms with Crippen molar-refractivity contribution in [1.29, 1.82) is 0 Å². The van der Waals surface area contributed by atoms with E-state index in [1.54, 1.807) is 23.6 Å². The van der Waals surface area contributed by atoms with Crippen molar-refractivity contribution in [2.75, 3.05) is 3.82 Å². The molecule has 0 aliphatic rings. The molecule has 1 heterocycles. The summed E-state index contributed by atoms with van der Waals surface area (Å²) in [5.41, 5.74) is 0.723. The molecule has 3 rings (SSSR count). The fraction of sp³-hybridized carbons (Fsp3) is 0. The Kier molecular flexibility index (Phi) is 5.19. The van der Waals surface area contributed by atoms with Gasteiger partial charge in [0.1, 0.15) is 0 Å². The van der Waals surface area contributed by atoms with Crippen LogP contribution in [0.2, 0.25) is 5.02 Å². The van der Waals surface area contributed by atoms with E-state index in [0.29, 0.717) is 15.0 Å². The summed E-state index contributed by atoms with van der Waals surface area (Å²) in [5.74, 6) is 0. The lowest BCUT2D eigenvalue weighted by Gasteiger charge is -2.17. The van der Waals surface area contributed by atoms with Gasteiger partial charge in [0, 0.05) is 50.8 Å². The summed E-state index contributed by atoms with van der Waals surface area (Å²) in [6.45, 7) is 0. The van der Waals surface area contributed by atoms with Gasteiger partial charge in [-0.2, -0.15) is 12.2 Å². The first-order chi connectivity index (χ1) is 12.3. The molecular weight excluding hydrogens is 419 g/mol. The molecule has 0 aliphatic heterocycles. The summed E-state index contributed by atoms with van der Waals surface area (Å²) in [6, 6.07) is 11.7. The van der Waals surface area contributed by atoms with E-state index in [9.17, 15) is 18.5 Å². The van der Waals surface area contributed by atoms with Crippen LogP contribution in [0.15, 0.2) is 64.2 Å². The highest BCUT2D eigenvalue weighted by atomic mass is 35.5. The summed E-state index contributed by atoms with van der Waals surface area (Å²) in [7, 11) is -4.00. The molecule has 2 aromatic carbocycles. The Morgan fingerprint density at radius 1 is 1.04 bits per heavy atom. The van der Waals surface area contributed by atoms with Crippen LogP contribution in [-0.2, 0) is 10.0 Å². The van der Waals surface area contributed by atoms with Crippen LogP contribution in [0.4, 0.5) is 11.4 Å². The normalized spacial score (nSPS) is 11.3. The molecule has 1 aromatic heterocycles. The van der Waals surface area contributed by atoms with Gasteiger partial charge < -0.3 is 0 Å². The Morgan fingerprint density at radius 3 is 2.38 bits per heavy atom. The number of non-ortho nitro benzene ring substituents is 1. The van der Waals surface area contributed by atoms with Gasteiger partial charge in [-0.3, -0.25) is 10.1 Å². The quantitative estimate of drug-likeness (QED) is 0.312. The third-order valence-electron chi connectivity index (χ3n) is 3.53. The lowest BCUT2D eigenvalue weighted by atomic mass is 10.1. The number of hydrogen-bond acceptors (Lipinski definition) is 5. The van der Waals surface area contributed by atoms with Crippen LogP contribution < -0.4 is 3.82 Å². The lowest BCUT2D eigenvalue weighted by molar-refractivity contribution is -0.384. The fourth-order valence-electron chi connectivity index (χ4n) is 2.28. The average Bonchev–Trinajstić information content (AvgIpc) is 3.11. The van der Waals surface area contributed by atoms with Crippen molar-refractivity contribution in [3.8, 4) is 11.1 Å². The van der Waals surface area contributed by atoms with Gasteiger partial charge in [-0.25, -0.2) is 0 Å². The van der Waals surface area contributed by atoms with E-state index in [2.05, 4.69) is 0 Å². The number of halogens is 2. The van der Waals surface area contributed by atoms with E-state index in [1.807, 2.05) is 0 Å². The Bertz CT molecular complexity index is 1070. The number of benzene rings is 2. The molecule has 0 atom stereocenters. The number of hydrogen-bond donors (Lipinski definition) is 0. The highest BCUT2D eigenvalue weighted by molar-refractivity contribution is 7.94. The van der Waals surface area contributed by atoms with Crippen LogP contribution in [0.25, 0.3) is 11.1 Å².